The molecule has 2 unspecified atom stereocenters. The van der Waals surface area contributed by atoms with Crippen molar-refractivity contribution < 1.29 is 14.6 Å². The fourth-order valence-electron chi connectivity index (χ4n) is 3.32. The standard InChI is InChI=1S/C15H20O3/c1-10-3-6-13(14(7-10)17-2)15(16)8-11-4-5-12(9-15)18-11/h3,6-7,11-12,16H,4-5,8-9H2,1-2H3. The van der Waals surface area contributed by atoms with Crippen LogP contribution in [-0.4, -0.2) is 24.4 Å². The number of aryl methyl sites for hydroxylation is 1. The first-order chi connectivity index (χ1) is 8.60. The fourth-order valence-corrected chi connectivity index (χ4v) is 3.32. The van der Waals surface area contributed by atoms with E-state index in [1.807, 2.05) is 25.1 Å². The third kappa shape index (κ3) is 1.91. The van der Waals surface area contributed by atoms with E-state index < -0.39 is 5.60 Å². The first-order valence-electron chi connectivity index (χ1n) is 6.64. The maximum Gasteiger partial charge on any atom is 0.125 e. The van der Waals surface area contributed by atoms with Crippen LogP contribution in [0.2, 0.25) is 0 Å². The van der Waals surface area contributed by atoms with Crippen molar-refractivity contribution in [3.8, 4) is 5.75 Å². The molecule has 1 aromatic rings. The Kier molecular flexibility index (Phi) is 2.83. The Morgan fingerprint density at radius 2 is 1.94 bits per heavy atom. The Labute approximate surface area is 108 Å². The van der Waals surface area contributed by atoms with E-state index in [1.165, 1.54) is 0 Å². The summed E-state index contributed by atoms with van der Waals surface area (Å²) in [6.07, 6.45) is 3.92. The monoisotopic (exact) mass is 248 g/mol. The molecule has 2 bridgehead atoms. The van der Waals surface area contributed by atoms with Crippen molar-refractivity contribution in [1.29, 1.82) is 0 Å². The molecule has 3 heteroatoms. The Morgan fingerprint density at radius 1 is 1.28 bits per heavy atom. The lowest BCUT2D eigenvalue weighted by Gasteiger charge is -2.37. The van der Waals surface area contributed by atoms with Crippen molar-refractivity contribution in [3.63, 3.8) is 0 Å². The first-order valence-corrected chi connectivity index (χ1v) is 6.64. The normalized spacial score (nSPS) is 34.6. The molecule has 2 aliphatic heterocycles. The van der Waals surface area contributed by atoms with Crippen molar-refractivity contribution in [2.24, 2.45) is 0 Å². The number of hydrogen-bond donors (Lipinski definition) is 1. The van der Waals surface area contributed by atoms with Crippen LogP contribution in [0, 0.1) is 6.92 Å². The zero-order chi connectivity index (χ0) is 12.8. The highest BCUT2D eigenvalue weighted by Crippen LogP contribution is 2.46. The minimum absolute atomic E-state index is 0.208. The van der Waals surface area contributed by atoms with Crippen LogP contribution in [0.5, 0.6) is 5.75 Å². The molecule has 2 heterocycles. The molecule has 3 nitrogen and oxygen atoms in total. The summed E-state index contributed by atoms with van der Waals surface area (Å²) in [4.78, 5) is 0. The largest absolute Gasteiger partial charge is 0.496 e. The summed E-state index contributed by atoms with van der Waals surface area (Å²) >= 11 is 0. The highest BCUT2D eigenvalue weighted by atomic mass is 16.5. The quantitative estimate of drug-likeness (QED) is 0.874. The SMILES string of the molecule is COc1cc(C)ccc1C1(O)CC2CCC(C1)O2. The third-order valence-electron chi connectivity index (χ3n) is 4.18. The second kappa shape index (κ2) is 4.25. The van der Waals surface area contributed by atoms with E-state index in [-0.39, 0.29) is 12.2 Å². The molecule has 0 radical (unpaired) electrons. The molecule has 3 rings (SSSR count). The first kappa shape index (κ1) is 12.0. The highest BCUT2D eigenvalue weighted by molar-refractivity contribution is 5.41. The van der Waals surface area contributed by atoms with Gasteiger partial charge in [-0.25, -0.2) is 0 Å². The highest BCUT2D eigenvalue weighted by Gasteiger charge is 2.45. The number of benzene rings is 1. The number of fused-ring (bicyclic) bond motifs is 2. The van der Waals surface area contributed by atoms with Crippen molar-refractivity contribution in [2.45, 2.75) is 50.4 Å². The van der Waals surface area contributed by atoms with Crippen molar-refractivity contribution in [1.82, 2.24) is 0 Å². The molecule has 0 aliphatic carbocycles. The van der Waals surface area contributed by atoms with Gasteiger partial charge in [0.15, 0.2) is 0 Å². The summed E-state index contributed by atoms with van der Waals surface area (Å²) in [6, 6.07) is 6.02. The minimum Gasteiger partial charge on any atom is -0.496 e. The lowest BCUT2D eigenvalue weighted by atomic mass is 9.82. The molecule has 18 heavy (non-hydrogen) atoms. The van der Waals surface area contributed by atoms with Gasteiger partial charge >= 0.3 is 0 Å². The molecular weight excluding hydrogens is 228 g/mol. The topological polar surface area (TPSA) is 38.7 Å². The van der Waals surface area contributed by atoms with Gasteiger partial charge in [0.1, 0.15) is 5.75 Å². The summed E-state index contributed by atoms with van der Waals surface area (Å²) in [5.41, 5.74) is 1.27. The van der Waals surface area contributed by atoms with Gasteiger partial charge < -0.3 is 14.6 Å². The van der Waals surface area contributed by atoms with E-state index in [2.05, 4.69) is 0 Å². The molecule has 0 aromatic heterocycles. The van der Waals surface area contributed by atoms with Crippen LogP contribution in [0.1, 0.15) is 36.8 Å². The molecule has 2 aliphatic rings. The average Bonchev–Trinajstić information content (AvgIpc) is 2.68. The summed E-state index contributed by atoms with van der Waals surface area (Å²) < 4.78 is 11.2. The van der Waals surface area contributed by atoms with E-state index in [4.69, 9.17) is 9.47 Å². The molecule has 2 atom stereocenters. The van der Waals surface area contributed by atoms with Crippen LogP contribution >= 0.6 is 0 Å². The lowest BCUT2D eigenvalue weighted by Crippen LogP contribution is -2.38. The van der Waals surface area contributed by atoms with Gasteiger partial charge in [-0.05, 0) is 31.4 Å². The van der Waals surface area contributed by atoms with E-state index in [0.717, 1.165) is 29.7 Å². The van der Waals surface area contributed by atoms with E-state index in [1.54, 1.807) is 7.11 Å². The van der Waals surface area contributed by atoms with Crippen LogP contribution in [0.4, 0.5) is 0 Å². The zero-order valence-corrected chi connectivity index (χ0v) is 11.0. The minimum atomic E-state index is -0.789. The number of hydrogen-bond acceptors (Lipinski definition) is 3. The van der Waals surface area contributed by atoms with Crippen molar-refractivity contribution in [3.05, 3.63) is 29.3 Å². The Balaban J connectivity index is 1.98. The summed E-state index contributed by atoms with van der Waals surface area (Å²) in [5, 5.41) is 11.0. The molecule has 0 saturated carbocycles. The van der Waals surface area contributed by atoms with Gasteiger partial charge in [0, 0.05) is 18.4 Å². The van der Waals surface area contributed by atoms with Crippen LogP contribution in [-0.2, 0) is 10.3 Å². The third-order valence-corrected chi connectivity index (χ3v) is 4.18. The van der Waals surface area contributed by atoms with Crippen LogP contribution in [0.15, 0.2) is 18.2 Å². The predicted molar refractivity (Wildman–Crippen MR) is 68.8 cm³/mol. The molecular formula is C15H20O3. The van der Waals surface area contributed by atoms with Gasteiger partial charge in [0.2, 0.25) is 0 Å². The number of ether oxygens (including phenoxy) is 2. The number of aliphatic hydroxyl groups is 1. The smallest absolute Gasteiger partial charge is 0.125 e. The van der Waals surface area contributed by atoms with E-state index >= 15 is 0 Å². The van der Waals surface area contributed by atoms with Gasteiger partial charge in [0.05, 0.1) is 24.9 Å². The second-order valence-corrected chi connectivity index (χ2v) is 5.60. The molecule has 2 fully saturated rings. The van der Waals surface area contributed by atoms with Crippen LogP contribution in [0.3, 0.4) is 0 Å². The Morgan fingerprint density at radius 3 is 2.56 bits per heavy atom. The van der Waals surface area contributed by atoms with Gasteiger partial charge in [0.25, 0.3) is 0 Å². The number of methoxy groups -OCH3 is 1. The van der Waals surface area contributed by atoms with Crippen LogP contribution in [0.25, 0.3) is 0 Å². The van der Waals surface area contributed by atoms with Crippen LogP contribution < -0.4 is 4.74 Å². The molecule has 1 aromatic carbocycles. The molecule has 1 N–H and O–H groups in total. The van der Waals surface area contributed by atoms with E-state index in [0.29, 0.717) is 12.8 Å². The van der Waals surface area contributed by atoms with Gasteiger partial charge in [-0.3, -0.25) is 0 Å². The fraction of sp³-hybridized carbons (Fsp3) is 0.600. The van der Waals surface area contributed by atoms with Gasteiger partial charge in [-0.1, -0.05) is 12.1 Å². The van der Waals surface area contributed by atoms with Crippen molar-refractivity contribution >= 4 is 0 Å². The van der Waals surface area contributed by atoms with Crippen molar-refractivity contribution in [2.75, 3.05) is 7.11 Å². The average molecular weight is 248 g/mol. The molecule has 98 valence electrons. The Bertz CT molecular complexity index is 443. The lowest BCUT2D eigenvalue weighted by molar-refractivity contribution is -0.116. The summed E-state index contributed by atoms with van der Waals surface area (Å²) in [5.74, 6) is 0.791. The molecule has 0 spiro atoms. The second-order valence-electron chi connectivity index (χ2n) is 5.60. The molecule has 2 saturated heterocycles. The van der Waals surface area contributed by atoms with Gasteiger partial charge in [-0.15, -0.1) is 0 Å². The van der Waals surface area contributed by atoms with E-state index in [9.17, 15) is 5.11 Å². The number of rotatable bonds is 2. The van der Waals surface area contributed by atoms with Gasteiger partial charge in [-0.2, -0.15) is 0 Å². The predicted octanol–water partition coefficient (Wildman–Crippen LogP) is 2.53. The zero-order valence-electron chi connectivity index (χ0n) is 11.0. The maximum absolute atomic E-state index is 11.0. The molecule has 0 amide bonds. The Hall–Kier alpha value is -1.06. The maximum atomic E-state index is 11.0. The summed E-state index contributed by atoms with van der Waals surface area (Å²) in [7, 11) is 1.66. The summed E-state index contributed by atoms with van der Waals surface area (Å²) in [6.45, 7) is 2.03.